The first kappa shape index (κ1) is 16.4. The lowest BCUT2D eigenvalue weighted by Gasteiger charge is -2.19. The highest BCUT2D eigenvalue weighted by atomic mass is 79.9. The van der Waals surface area contributed by atoms with Crippen LogP contribution in [0, 0.1) is 12.7 Å². The second-order valence-electron chi connectivity index (χ2n) is 4.15. The van der Waals surface area contributed by atoms with E-state index in [9.17, 15) is 14.0 Å². The Bertz CT molecular complexity index is 549. The summed E-state index contributed by atoms with van der Waals surface area (Å²) in [4.78, 5) is 24.9. The summed E-state index contributed by atoms with van der Waals surface area (Å²) in [5.74, 6) is -1.49. The summed E-state index contributed by atoms with van der Waals surface area (Å²) >= 11 is 3.18. The highest BCUT2D eigenvalue weighted by molar-refractivity contribution is 9.10. The molecule has 0 aliphatic heterocycles. The van der Waals surface area contributed by atoms with Crippen molar-refractivity contribution in [2.75, 3.05) is 26.0 Å². The third kappa shape index (κ3) is 3.27. The zero-order valence-corrected chi connectivity index (χ0v) is 13.3. The van der Waals surface area contributed by atoms with Crippen molar-refractivity contribution < 1.29 is 18.7 Å². The predicted molar refractivity (Wildman–Crippen MR) is 77.5 cm³/mol. The molecule has 1 aromatic rings. The minimum Gasteiger partial charge on any atom is -0.465 e. The first-order valence-corrected chi connectivity index (χ1v) is 6.71. The minimum absolute atomic E-state index is 0.190. The number of benzene rings is 1. The number of carbonyl (C=O) groups excluding carboxylic acids is 2. The summed E-state index contributed by atoms with van der Waals surface area (Å²) in [5.41, 5.74) is 0.462. The number of anilines is 1. The van der Waals surface area contributed by atoms with Gasteiger partial charge in [0.1, 0.15) is 11.4 Å². The number of esters is 1. The van der Waals surface area contributed by atoms with Crippen molar-refractivity contribution in [1.29, 1.82) is 0 Å². The fourth-order valence-corrected chi connectivity index (χ4v) is 2.19. The average molecular weight is 347 g/mol. The lowest BCUT2D eigenvalue weighted by Crippen LogP contribution is -2.31. The van der Waals surface area contributed by atoms with Crippen molar-refractivity contribution in [2.24, 2.45) is 0 Å². The largest absolute Gasteiger partial charge is 0.465 e. The van der Waals surface area contributed by atoms with Crippen LogP contribution in [0.4, 0.5) is 14.9 Å². The molecule has 1 aromatic carbocycles. The number of carbonyl (C=O) groups is 2. The average Bonchev–Trinajstić information content (AvgIpc) is 2.41. The second-order valence-corrected chi connectivity index (χ2v) is 5.01. The maximum absolute atomic E-state index is 13.8. The quantitative estimate of drug-likeness (QED) is 0.855. The first-order valence-electron chi connectivity index (χ1n) is 5.92. The Morgan fingerprint density at radius 2 is 2.10 bits per heavy atom. The molecule has 0 aliphatic rings. The molecule has 20 heavy (non-hydrogen) atoms. The molecule has 0 radical (unpaired) electrons. The van der Waals surface area contributed by atoms with Gasteiger partial charge in [-0.25, -0.2) is 14.0 Å². The molecule has 0 fully saturated rings. The van der Waals surface area contributed by atoms with Crippen LogP contribution in [-0.4, -0.2) is 37.6 Å². The minimum atomic E-state index is -0.785. The summed E-state index contributed by atoms with van der Waals surface area (Å²) < 4.78 is 18.7. The normalized spacial score (nSPS) is 10.1. The number of nitrogens with one attached hydrogen (secondary N) is 1. The highest BCUT2D eigenvalue weighted by Crippen LogP contribution is 2.31. The van der Waals surface area contributed by atoms with Gasteiger partial charge in [0.05, 0.1) is 12.8 Å². The van der Waals surface area contributed by atoms with Crippen LogP contribution in [0.3, 0.4) is 0 Å². The van der Waals surface area contributed by atoms with Gasteiger partial charge in [-0.3, -0.25) is 0 Å². The van der Waals surface area contributed by atoms with Crippen molar-refractivity contribution in [3.63, 3.8) is 0 Å². The third-order valence-electron chi connectivity index (χ3n) is 2.92. The molecule has 2 amide bonds. The molecule has 0 unspecified atom stereocenters. The number of urea groups is 1. The van der Waals surface area contributed by atoms with Crippen LogP contribution in [0.25, 0.3) is 0 Å². The van der Waals surface area contributed by atoms with Crippen molar-refractivity contribution in [2.45, 2.75) is 13.8 Å². The van der Waals surface area contributed by atoms with Gasteiger partial charge in [0.25, 0.3) is 0 Å². The fourth-order valence-electron chi connectivity index (χ4n) is 1.59. The first-order chi connectivity index (χ1) is 9.33. The number of hydrogen-bond donors (Lipinski definition) is 1. The number of amides is 2. The van der Waals surface area contributed by atoms with Gasteiger partial charge in [-0.2, -0.15) is 0 Å². The zero-order chi connectivity index (χ0) is 15.4. The van der Waals surface area contributed by atoms with E-state index >= 15 is 0 Å². The Balaban J connectivity index is 3.27. The van der Waals surface area contributed by atoms with E-state index in [4.69, 9.17) is 0 Å². The SMILES string of the molecule is CCN(C)C(=O)Nc1c(Br)cc(F)c(C(=O)OC)c1C. The van der Waals surface area contributed by atoms with Crippen LogP contribution in [0.1, 0.15) is 22.8 Å². The maximum Gasteiger partial charge on any atom is 0.341 e. The van der Waals surface area contributed by atoms with Crippen molar-refractivity contribution >= 4 is 33.6 Å². The molecular formula is C13H16BrFN2O3. The van der Waals surface area contributed by atoms with E-state index in [-0.39, 0.29) is 11.6 Å². The number of methoxy groups -OCH3 is 1. The monoisotopic (exact) mass is 346 g/mol. The number of rotatable bonds is 3. The summed E-state index contributed by atoms with van der Waals surface area (Å²) in [6.45, 7) is 3.89. The van der Waals surface area contributed by atoms with Gasteiger partial charge in [-0.1, -0.05) is 0 Å². The lowest BCUT2D eigenvalue weighted by molar-refractivity contribution is 0.0594. The molecule has 5 nitrogen and oxygen atoms in total. The second kappa shape index (κ2) is 6.69. The van der Waals surface area contributed by atoms with E-state index in [1.807, 2.05) is 6.92 Å². The molecule has 0 heterocycles. The van der Waals surface area contributed by atoms with Gasteiger partial charge in [-0.05, 0) is 41.4 Å². The van der Waals surface area contributed by atoms with Crippen LogP contribution in [0.5, 0.6) is 0 Å². The number of nitrogens with zero attached hydrogens (tertiary/aromatic N) is 1. The Hall–Kier alpha value is -1.63. The smallest absolute Gasteiger partial charge is 0.341 e. The molecule has 1 N–H and O–H groups in total. The molecule has 0 bridgehead atoms. The molecule has 0 saturated carbocycles. The van der Waals surface area contributed by atoms with E-state index < -0.39 is 11.8 Å². The topological polar surface area (TPSA) is 58.6 Å². The van der Waals surface area contributed by atoms with E-state index in [2.05, 4.69) is 26.0 Å². The molecule has 7 heteroatoms. The van der Waals surface area contributed by atoms with Gasteiger partial charge < -0.3 is 15.0 Å². The number of hydrogen-bond acceptors (Lipinski definition) is 3. The van der Waals surface area contributed by atoms with Gasteiger partial charge in [0, 0.05) is 18.1 Å². The van der Waals surface area contributed by atoms with Crippen molar-refractivity contribution in [3.8, 4) is 0 Å². The number of ether oxygens (including phenoxy) is 1. The van der Waals surface area contributed by atoms with E-state index in [0.717, 1.165) is 6.07 Å². The van der Waals surface area contributed by atoms with E-state index in [1.54, 1.807) is 14.0 Å². The van der Waals surface area contributed by atoms with Crippen molar-refractivity contribution in [3.05, 3.63) is 27.5 Å². The van der Waals surface area contributed by atoms with Gasteiger partial charge >= 0.3 is 12.0 Å². The summed E-state index contributed by atoms with van der Waals surface area (Å²) in [6.07, 6.45) is 0. The molecule has 110 valence electrons. The Morgan fingerprint density at radius 1 is 1.50 bits per heavy atom. The molecule has 0 spiro atoms. The Morgan fingerprint density at radius 3 is 2.60 bits per heavy atom. The summed E-state index contributed by atoms with van der Waals surface area (Å²) in [7, 11) is 2.80. The van der Waals surface area contributed by atoms with Crippen molar-refractivity contribution in [1.82, 2.24) is 4.90 Å². The summed E-state index contributed by atoms with van der Waals surface area (Å²) in [6, 6.07) is 0.777. The third-order valence-corrected chi connectivity index (χ3v) is 3.55. The van der Waals surface area contributed by atoms with E-state index in [0.29, 0.717) is 22.3 Å². The molecule has 0 aromatic heterocycles. The zero-order valence-electron chi connectivity index (χ0n) is 11.7. The maximum atomic E-state index is 13.8. The highest BCUT2D eigenvalue weighted by Gasteiger charge is 2.22. The molecular weight excluding hydrogens is 331 g/mol. The lowest BCUT2D eigenvalue weighted by atomic mass is 10.1. The molecule has 0 aliphatic carbocycles. The van der Waals surface area contributed by atoms with Crippen LogP contribution in [-0.2, 0) is 4.74 Å². The van der Waals surface area contributed by atoms with Crippen LogP contribution in [0.2, 0.25) is 0 Å². The van der Waals surface area contributed by atoms with Gasteiger partial charge in [-0.15, -0.1) is 0 Å². The Labute approximate surface area is 125 Å². The fraction of sp³-hybridized carbons (Fsp3) is 0.385. The Kier molecular flexibility index (Phi) is 5.50. The number of halogens is 2. The van der Waals surface area contributed by atoms with Crippen LogP contribution < -0.4 is 5.32 Å². The molecule has 0 atom stereocenters. The van der Waals surface area contributed by atoms with Crippen LogP contribution in [0.15, 0.2) is 10.5 Å². The summed E-state index contributed by atoms with van der Waals surface area (Å²) in [5, 5.41) is 2.64. The predicted octanol–water partition coefficient (Wildman–Crippen LogP) is 3.17. The van der Waals surface area contributed by atoms with E-state index in [1.165, 1.54) is 12.0 Å². The molecule has 0 saturated heterocycles. The van der Waals surface area contributed by atoms with Gasteiger partial charge in [0.15, 0.2) is 0 Å². The molecule has 1 rings (SSSR count). The standard InChI is InChI=1S/C13H16BrFN2O3/c1-5-17(3)13(19)16-11-7(2)10(12(18)20-4)9(15)6-8(11)14/h6H,5H2,1-4H3,(H,16,19). The van der Waals surface area contributed by atoms with Crippen LogP contribution >= 0.6 is 15.9 Å². The van der Waals surface area contributed by atoms with Gasteiger partial charge in [0.2, 0.25) is 0 Å².